The van der Waals surface area contributed by atoms with E-state index >= 15 is 0 Å². The van der Waals surface area contributed by atoms with Gasteiger partial charge in [-0.15, -0.1) is 6.58 Å². The smallest absolute Gasteiger partial charge is 0.434 e. The largest absolute Gasteiger partial charge is 0.513 e. The zero-order valence-electron chi connectivity index (χ0n) is 10.6. The van der Waals surface area contributed by atoms with E-state index in [0.29, 0.717) is 18.0 Å². The summed E-state index contributed by atoms with van der Waals surface area (Å²) in [6.45, 7) is 5.82. The van der Waals surface area contributed by atoms with E-state index in [9.17, 15) is 9.59 Å². The molecule has 19 heavy (non-hydrogen) atoms. The number of amides is 2. The fourth-order valence-electron chi connectivity index (χ4n) is 1.19. The summed E-state index contributed by atoms with van der Waals surface area (Å²) >= 11 is 0. The van der Waals surface area contributed by atoms with Gasteiger partial charge < -0.3 is 20.1 Å². The summed E-state index contributed by atoms with van der Waals surface area (Å²) < 4.78 is 9.51. The Hall–Kier alpha value is -2.50. The van der Waals surface area contributed by atoms with Crippen molar-refractivity contribution in [3.63, 3.8) is 0 Å². The Morgan fingerprint density at radius 1 is 1.32 bits per heavy atom. The van der Waals surface area contributed by atoms with Crippen molar-refractivity contribution in [3.8, 4) is 5.75 Å². The van der Waals surface area contributed by atoms with Crippen molar-refractivity contribution in [2.75, 3.05) is 18.5 Å². The van der Waals surface area contributed by atoms with Crippen molar-refractivity contribution in [3.05, 3.63) is 36.9 Å². The first kappa shape index (κ1) is 14.6. The molecule has 2 amide bonds. The highest BCUT2D eigenvalue weighted by atomic mass is 16.7. The number of nitrogens with one attached hydrogen (secondary N) is 2. The molecule has 0 fully saturated rings. The van der Waals surface area contributed by atoms with Gasteiger partial charge in [-0.1, -0.05) is 6.08 Å². The molecule has 0 atom stereocenters. The Morgan fingerprint density at radius 2 is 2.00 bits per heavy atom. The molecule has 1 aromatic rings. The third-order valence-electron chi connectivity index (χ3n) is 1.98. The van der Waals surface area contributed by atoms with Crippen LogP contribution in [0.2, 0.25) is 0 Å². The Balaban J connectivity index is 2.49. The molecule has 0 bridgehead atoms. The van der Waals surface area contributed by atoms with Crippen LogP contribution in [0.4, 0.5) is 15.3 Å². The number of carbonyl (C=O) groups is 2. The maximum atomic E-state index is 11.3. The summed E-state index contributed by atoms with van der Waals surface area (Å²) in [5.41, 5.74) is 0.581. The first-order valence-corrected chi connectivity index (χ1v) is 5.76. The van der Waals surface area contributed by atoms with E-state index in [0.717, 1.165) is 0 Å². The van der Waals surface area contributed by atoms with Crippen LogP contribution in [-0.4, -0.2) is 25.3 Å². The normalized spacial score (nSPS) is 9.32. The minimum atomic E-state index is -0.757. The molecular weight excluding hydrogens is 248 g/mol. The molecule has 0 saturated heterocycles. The van der Waals surface area contributed by atoms with Crippen molar-refractivity contribution in [2.45, 2.75) is 6.92 Å². The molecule has 2 N–H and O–H groups in total. The highest BCUT2D eigenvalue weighted by Crippen LogP contribution is 2.16. The Morgan fingerprint density at radius 3 is 2.58 bits per heavy atom. The van der Waals surface area contributed by atoms with Crippen LogP contribution in [0.1, 0.15) is 6.92 Å². The molecule has 0 aliphatic heterocycles. The molecule has 6 nitrogen and oxygen atoms in total. The predicted octanol–water partition coefficient (Wildman–Crippen LogP) is 2.53. The van der Waals surface area contributed by atoms with Crippen LogP contribution in [0.25, 0.3) is 0 Å². The van der Waals surface area contributed by atoms with Gasteiger partial charge in [0.15, 0.2) is 0 Å². The average molecular weight is 264 g/mol. The second kappa shape index (κ2) is 7.75. The molecule has 0 spiro atoms. The minimum Gasteiger partial charge on any atom is -0.434 e. The summed E-state index contributed by atoms with van der Waals surface area (Å²) in [5, 5.41) is 5.18. The predicted molar refractivity (Wildman–Crippen MR) is 71.3 cm³/mol. The molecule has 0 aromatic heterocycles. The van der Waals surface area contributed by atoms with Gasteiger partial charge in [0.05, 0.1) is 6.61 Å². The second-order valence-corrected chi connectivity index (χ2v) is 3.43. The van der Waals surface area contributed by atoms with Gasteiger partial charge in [0.1, 0.15) is 5.75 Å². The standard InChI is InChI=1S/C13H16N2O4/c1-3-9-14-12(16)15-10-5-7-11(8-6-10)19-13(17)18-4-2/h3,5-8H,1,4,9H2,2H3,(H2,14,15,16). The second-order valence-electron chi connectivity index (χ2n) is 3.43. The zero-order chi connectivity index (χ0) is 14.1. The van der Waals surface area contributed by atoms with E-state index in [1.807, 2.05) is 0 Å². The van der Waals surface area contributed by atoms with Gasteiger partial charge in [-0.25, -0.2) is 9.59 Å². The van der Waals surface area contributed by atoms with Crippen LogP contribution in [0.3, 0.4) is 0 Å². The van der Waals surface area contributed by atoms with Crippen LogP contribution in [-0.2, 0) is 4.74 Å². The Labute approximate surface area is 111 Å². The number of hydrogen-bond donors (Lipinski definition) is 2. The number of benzene rings is 1. The van der Waals surface area contributed by atoms with Crippen molar-refractivity contribution in [2.24, 2.45) is 0 Å². The fourth-order valence-corrected chi connectivity index (χ4v) is 1.19. The molecule has 0 saturated carbocycles. The highest BCUT2D eigenvalue weighted by Gasteiger charge is 2.05. The molecule has 0 heterocycles. The van der Waals surface area contributed by atoms with E-state index in [1.54, 1.807) is 37.3 Å². The third-order valence-corrected chi connectivity index (χ3v) is 1.98. The average Bonchev–Trinajstić information content (AvgIpc) is 2.39. The fraction of sp³-hybridized carbons (Fsp3) is 0.231. The van der Waals surface area contributed by atoms with E-state index < -0.39 is 6.16 Å². The molecule has 0 unspecified atom stereocenters. The lowest BCUT2D eigenvalue weighted by atomic mass is 10.3. The quantitative estimate of drug-likeness (QED) is 0.486. The van der Waals surface area contributed by atoms with Gasteiger partial charge in [0.2, 0.25) is 0 Å². The molecule has 0 aliphatic rings. The van der Waals surface area contributed by atoms with Crippen LogP contribution in [0.15, 0.2) is 36.9 Å². The monoisotopic (exact) mass is 264 g/mol. The third kappa shape index (κ3) is 5.58. The maximum Gasteiger partial charge on any atom is 0.513 e. The van der Waals surface area contributed by atoms with E-state index in [1.165, 1.54) is 0 Å². The molecule has 6 heteroatoms. The number of hydrogen-bond acceptors (Lipinski definition) is 4. The minimum absolute atomic E-state index is 0.252. The first-order chi connectivity index (χ1) is 9.15. The highest BCUT2D eigenvalue weighted by molar-refractivity contribution is 5.89. The van der Waals surface area contributed by atoms with Crippen LogP contribution >= 0.6 is 0 Å². The van der Waals surface area contributed by atoms with Crippen molar-refractivity contribution < 1.29 is 19.1 Å². The number of anilines is 1. The summed E-state index contributed by atoms with van der Waals surface area (Å²) in [4.78, 5) is 22.4. The summed E-state index contributed by atoms with van der Waals surface area (Å²) in [7, 11) is 0. The van der Waals surface area contributed by atoms with Crippen LogP contribution in [0.5, 0.6) is 5.75 Å². The van der Waals surface area contributed by atoms with Gasteiger partial charge in [-0.2, -0.15) is 0 Å². The van der Waals surface area contributed by atoms with Gasteiger partial charge in [-0.05, 0) is 31.2 Å². The molecule has 0 radical (unpaired) electrons. The van der Waals surface area contributed by atoms with E-state index in [4.69, 9.17) is 4.74 Å². The topological polar surface area (TPSA) is 76.7 Å². The van der Waals surface area contributed by atoms with E-state index in [2.05, 4.69) is 21.9 Å². The summed E-state index contributed by atoms with van der Waals surface area (Å²) in [6.07, 6.45) is 0.822. The van der Waals surface area contributed by atoms with Crippen molar-refractivity contribution >= 4 is 17.9 Å². The number of carbonyl (C=O) groups excluding carboxylic acids is 2. The lowest BCUT2D eigenvalue weighted by Crippen LogP contribution is -2.28. The summed E-state index contributed by atoms with van der Waals surface area (Å²) in [6, 6.07) is 6.00. The van der Waals surface area contributed by atoms with Gasteiger partial charge in [0.25, 0.3) is 0 Å². The molecule has 102 valence electrons. The maximum absolute atomic E-state index is 11.3. The molecular formula is C13H16N2O4. The number of ether oxygens (including phenoxy) is 2. The molecule has 0 aliphatic carbocycles. The molecule has 1 rings (SSSR count). The Bertz CT molecular complexity index is 442. The lowest BCUT2D eigenvalue weighted by molar-refractivity contribution is 0.104. The zero-order valence-corrected chi connectivity index (χ0v) is 10.6. The number of urea groups is 1. The van der Waals surface area contributed by atoms with Crippen LogP contribution < -0.4 is 15.4 Å². The van der Waals surface area contributed by atoms with Crippen LogP contribution in [0, 0.1) is 0 Å². The van der Waals surface area contributed by atoms with Gasteiger partial charge in [-0.3, -0.25) is 0 Å². The van der Waals surface area contributed by atoms with Gasteiger partial charge in [0, 0.05) is 12.2 Å². The van der Waals surface area contributed by atoms with Crippen molar-refractivity contribution in [1.29, 1.82) is 0 Å². The SMILES string of the molecule is C=CCNC(=O)Nc1ccc(OC(=O)OCC)cc1. The Kier molecular flexibility index (Phi) is 5.94. The van der Waals surface area contributed by atoms with Gasteiger partial charge >= 0.3 is 12.2 Å². The van der Waals surface area contributed by atoms with Crippen molar-refractivity contribution in [1.82, 2.24) is 5.32 Å². The number of rotatable bonds is 5. The molecule has 1 aromatic carbocycles. The van der Waals surface area contributed by atoms with E-state index in [-0.39, 0.29) is 12.6 Å². The summed E-state index contributed by atoms with van der Waals surface area (Å²) in [5.74, 6) is 0.343. The lowest BCUT2D eigenvalue weighted by Gasteiger charge is -2.07. The first-order valence-electron chi connectivity index (χ1n) is 5.76.